The minimum absolute atomic E-state index is 0.0762. The van der Waals surface area contributed by atoms with E-state index in [1.165, 1.54) is 10.9 Å². The number of nitrogens with zero attached hydrogens (tertiary/aromatic N) is 2. The summed E-state index contributed by atoms with van der Waals surface area (Å²) in [6, 6.07) is 10.7. The molecule has 0 aliphatic carbocycles. The molecule has 6 heteroatoms. The number of nitro benzene ring substituents is 1. The number of thiophene rings is 1. The molecule has 0 radical (unpaired) electrons. The summed E-state index contributed by atoms with van der Waals surface area (Å²) in [7, 11) is 0. The highest BCUT2D eigenvalue weighted by atomic mass is 32.1. The van der Waals surface area contributed by atoms with Crippen LogP contribution in [0.15, 0.2) is 41.8 Å². The highest BCUT2D eigenvalue weighted by Crippen LogP contribution is 2.27. The molecular weight excluding hydrogens is 286 g/mol. The lowest BCUT2D eigenvalue weighted by atomic mass is 10.1. The fraction of sp³-hybridized carbons (Fsp3) is 0.133. The second kappa shape index (κ2) is 5.49. The minimum Gasteiger partial charge on any atom is -0.380 e. The molecule has 0 aliphatic rings. The first kappa shape index (κ1) is 13.5. The van der Waals surface area contributed by atoms with Crippen LogP contribution in [0.25, 0.3) is 10.9 Å². The van der Waals surface area contributed by atoms with Crippen molar-refractivity contribution in [2.75, 3.05) is 5.32 Å². The number of fused-ring (bicyclic) bond motifs is 1. The van der Waals surface area contributed by atoms with Crippen LogP contribution in [0.1, 0.15) is 10.6 Å². The predicted molar refractivity (Wildman–Crippen MR) is 84.8 cm³/mol. The molecule has 0 saturated carbocycles. The number of non-ortho nitro benzene ring substituents is 1. The van der Waals surface area contributed by atoms with Gasteiger partial charge in [0.15, 0.2) is 0 Å². The summed E-state index contributed by atoms with van der Waals surface area (Å²) in [4.78, 5) is 16.2. The first-order valence-corrected chi connectivity index (χ1v) is 7.33. The first-order chi connectivity index (χ1) is 10.1. The Morgan fingerprint density at radius 2 is 2.19 bits per heavy atom. The molecule has 0 amide bonds. The fourth-order valence-corrected chi connectivity index (χ4v) is 2.85. The summed E-state index contributed by atoms with van der Waals surface area (Å²) in [5, 5.41) is 17.1. The Morgan fingerprint density at radius 3 is 2.90 bits per heavy atom. The fourth-order valence-electron chi connectivity index (χ4n) is 2.20. The molecule has 0 saturated heterocycles. The highest BCUT2D eigenvalue weighted by Gasteiger charge is 2.10. The maximum atomic E-state index is 10.9. The summed E-state index contributed by atoms with van der Waals surface area (Å²) in [5.74, 6) is 0. The molecular formula is C15H13N3O2S. The third-order valence-electron chi connectivity index (χ3n) is 3.16. The maximum absolute atomic E-state index is 10.9. The Balaban J connectivity index is 2.02. The Morgan fingerprint density at radius 1 is 1.33 bits per heavy atom. The number of nitrogens with one attached hydrogen (secondary N) is 1. The van der Waals surface area contributed by atoms with Gasteiger partial charge in [0.2, 0.25) is 0 Å². The van der Waals surface area contributed by atoms with Crippen molar-refractivity contribution in [3.05, 3.63) is 62.5 Å². The van der Waals surface area contributed by atoms with Gasteiger partial charge in [-0.3, -0.25) is 15.1 Å². The van der Waals surface area contributed by atoms with E-state index in [0.717, 1.165) is 22.3 Å². The Bertz CT molecular complexity index is 800. The van der Waals surface area contributed by atoms with E-state index in [-0.39, 0.29) is 10.6 Å². The predicted octanol–water partition coefficient (Wildman–Crippen LogP) is 4.13. The lowest BCUT2D eigenvalue weighted by molar-refractivity contribution is -0.384. The van der Waals surface area contributed by atoms with Crippen molar-refractivity contribution in [3.63, 3.8) is 0 Å². The second-order valence-corrected chi connectivity index (χ2v) is 5.73. The van der Waals surface area contributed by atoms with Crippen molar-refractivity contribution in [3.8, 4) is 0 Å². The van der Waals surface area contributed by atoms with E-state index in [1.54, 1.807) is 23.5 Å². The molecule has 3 aromatic rings. The maximum Gasteiger partial charge on any atom is 0.270 e. The number of hydrogen-bond donors (Lipinski definition) is 1. The Hall–Kier alpha value is -2.47. The van der Waals surface area contributed by atoms with Crippen LogP contribution in [0.3, 0.4) is 0 Å². The molecule has 1 aromatic carbocycles. The standard InChI is InChI=1S/C15H13N3O2S/c1-10-7-15(16-9-12-3-2-6-21-12)13-8-11(18(19)20)4-5-14(13)17-10/h2-8H,9H2,1H3,(H,16,17). The van der Waals surface area contributed by atoms with Crippen molar-refractivity contribution in [1.29, 1.82) is 0 Å². The minimum atomic E-state index is -0.387. The summed E-state index contributed by atoms with van der Waals surface area (Å²) in [6.45, 7) is 2.61. The third-order valence-corrected chi connectivity index (χ3v) is 4.04. The molecule has 0 aliphatic heterocycles. The van der Waals surface area contributed by atoms with Crippen molar-refractivity contribution >= 4 is 33.6 Å². The van der Waals surface area contributed by atoms with Crippen LogP contribution in [0.5, 0.6) is 0 Å². The topological polar surface area (TPSA) is 68.1 Å². The normalized spacial score (nSPS) is 10.7. The summed E-state index contributed by atoms with van der Waals surface area (Å²) in [6.07, 6.45) is 0. The Kier molecular flexibility index (Phi) is 3.53. The van der Waals surface area contributed by atoms with Crippen LogP contribution in [0.4, 0.5) is 11.4 Å². The van der Waals surface area contributed by atoms with Gasteiger partial charge in [0, 0.05) is 40.3 Å². The zero-order valence-corrected chi connectivity index (χ0v) is 12.2. The summed E-state index contributed by atoms with van der Waals surface area (Å²) < 4.78 is 0. The van der Waals surface area contributed by atoms with Gasteiger partial charge in [0.25, 0.3) is 5.69 Å². The average molecular weight is 299 g/mol. The number of benzene rings is 1. The third kappa shape index (κ3) is 2.85. The van der Waals surface area contributed by atoms with Gasteiger partial charge < -0.3 is 5.32 Å². The first-order valence-electron chi connectivity index (χ1n) is 6.45. The van der Waals surface area contributed by atoms with Crippen molar-refractivity contribution in [2.24, 2.45) is 0 Å². The van der Waals surface area contributed by atoms with E-state index < -0.39 is 0 Å². The molecule has 2 aromatic heterocycles. The van der Waals surface area contributed by atoms with Crippen LogP contribution in [0.2, 0.25) is 0 Å². The average Bonchev–Trinajstić information content (AvgIpc) is 2.97. The van der Waals surface area contributed by atoms with Gasteiger partial charge in [-0.2, -0.15) is 0 Å². The van der Waals surface area contributed by atoms with E-state index in [2.05, 4.69) is 16.4 Å². The smallest absolute Gasteiger partial charge is 0.270 e. The van der Waals surface area contributed by atoms with Crippen LogP contribution in [-0.2, 0) is 6.54 Å². The molecule has 5 nitrogen and oxygen atoms in total. The van der Waals surface area contributed by atoms with Gasteiger partial charge in [-0.1, -0.05) is 6.07 Å². The highest BCUT2D eigenvalue weighted by molar-refractivity contribution is 7.09. The molecule has 106 valence electrons. The molecule has 1 N–H and O–H groups in total. The molecule has 0 atom stereocenters. The van der Waals surface area contributed by atoms with Gasteiger partial charge in [-0.15, -0.1) is 11.3 Å². The van der Waals surface area contributed by atoms with E-state index >= 15 is 0 Å². The van der Waals surface area contributed by atoms with Gasteiger partial charge in [-0.25, -0.2) is 0 Å². The molecule has 3 rings (SSSR count). The molecule has 21 heavy (non-hydrogen) atoms. The van der Waals surface area contributed by atoms with Gasteiger partial charge in [-0.05, 0) is 30.5 Å². The van der Waals surface area contributed by atoms with Gasteiger partial charge in [0.1, 0.15) is 0 Å². The number of aromatic nitrogens is 1. The largest absolute Gasteiger partial charge is 0.380 e. The van der Waals surface area contributed by atoms with Gasteiger partial charge >= 0.3 is 0 Å². The molecule has 0 fully saturated rings. The zero-order chi connectivity index (χ0) is 14.8. The van der Waals surface area contributed by atoms with Gasteiger partial charge in [0.05, 0.1) is 10.4 Å². The van der Waals surface area contributed by atoms with Crippen molar-refractivity contribution < 1.29 is 4.92 Å². The van der Waals surface area contributed by atoms with E-state index in [9.17, 15) is 10.1 Å². The monoisotopic (exact) mass is 299 g/mol. The summed E-state index contributed by atoms with van der Waals surface area (Å²) in [5.41, 5.74) is 2.58. The van der Waals surface area contributed by atoms with E-state index in [4.69, 9.17) is 0 Å². The second-order valence-electron chi connectivity index (χ2n) is 4.70. The van der Waals surface area contributed by atoms with Crippen LogP contribution in [0, 0.1) is 17.0 Å². The molecule has 0 bridgehead atoms. The SMILES string of the molecule is Cc1cc(NCc2cccs2)c2cc([N+](=O)[O-])ccc2n1. The number of pyridine rings is 1. The Labute approximate surface area is 125 Å². The van der Waals surface area contributed by atoms with Crippen LogP contribution < -0.4 is 5.32 Å². The van der Waals surface area contributed by atoms with Crippen LogP contribution in [-0.4, -0.2) is 9.91 Å². The quantitative estimate of drug-likeness (QED) is 0.581. The lowest BCUT2D eigenvalue weighted by Gasteiger charge is -2.10. The zero-order valence-electron chi connectivity index (χ0n) is 11.4. The number of aryl methyl sites for hydroxylation is 1. The molecule has 2 heterocycles. The number of rotatable bonds is 4. The van der Waals surface area contributed by atoms with Crippen LogP contribution >= 0.6 is 11.3 Å². The van der Waals surface area contributed by atoms with Crippen molar-refractivity contribution in [1.82, 2.24) is 4.98 Å². The number of hydrogen-bond acceptors (Lipinski definition) is 5. The number of anilines is 1. The van der Waals surface area contributed by atoms with Crippen molar-refractivity contribution in [2.45, 2.75) is 13.5 Å². The summed E-state index contributed by atoms with van der Waals surface area (Å²) >= 11 is 1.67. The molecule has 0 unspecified atom stereocenters. The van der Waals surface area contributed by atoms with E-state index in [0.29, 0.717) is 6.54 Å². The number of nitro groups is 1. The van der Waals surface area contributed by atoms with E-state index in [1.807, 2.05) is 24.4 Å². The lowest BCUT2D eigenvalue weighted by Crippen LogP contribution is -2.00. The molecule has 0 spiro atoms.